The monoisotopic (exact) mass is 283 g/mol. The van der Waals surface area contributed by atoms with Gasteiger partial charge in [0.2, 0.25) is 11.8 Å². The Bertz CT molecular complexity index is 355. The van der Waals surface area contributed by atoms with E-state index >= 15 is 0 Å². The summed E-state index contributed by atoms with van der Waals surface area (Å²) < 4.78 is 0. The van der Waals surface area contributed by atoms with E-state index in [2.05, 4.69) is 10.6 Å². The molecule has 5 nitrogen and oxygen atoms in total. The molecule has 0 aromatic heterocycles. The number of amides is 2. The molecule has 0 heterocycles. The highest BCUT2D eigenvalue weighted by atomic mass is 16.2. The summed E-state index contributed by atoms with van der Waals surface area (Å²) >= 11 is 0. The third-order valence-electron chi connectivity index (χ3n) is 3.63. The Morgan fingerprint density at radius 1 is 1.20 bits per heavy atom. The van der Waals surface area contributed by atoms with Gasteiger partial charge in [0.15, 0.2) is 0 Å². The molecule has 1 aliphatic rings. The molecule has 4 N–H and O–H groups in total. The maximum Gasteiger partial charge on any atom is 0.242 e. The van der Waals surface area contributed by atoms with Gasteiger partial charge >= 0.3 is 0 Å². The van der Waals surface area contributed by atoms with Gasteiger partial charge in [0.25, 0.3) is 0 Å². The number of nitrogens with two attached hydrogens (primary N) is 1. The van der Waals surface area contributed by atoms with Crippen molar-refractivity contribution in [2.24, 2.45) is 5.73 Å². The lowest BCUT2D eigenvalue weighted by atomic mass is 9.80. The number of rotatable bonds is 4. The minimum atomic E-state index is -0.533. The average molecular weight is 283 g/mol. The van der Waals surface area contributed by atoms with Crippen molar-refractivity contribution in [2.45, 2.75) is 83.3 Å². The molecule has 1 saturated carbocycles. The van der Waals surface area contributed by atoms with Crippen LogP contribution in [0.2, 0.25) is 0 Å². The maximum atomic E-state index is 12.0. The Morgan fingerprint density at radius 3 is 2.25 bits per heavy atom. The lowest BCUT2D eigenvalue weighted by Crippen LogP contribution is -2.53. The van der Waals surface area contributed by atoms with E-state index in [4.69, 9.17) is 5.73 Å². The molecule has 0 saturated heterocycles. The van der Waals surface area contributed by atoms with Gasteiger partial charge in [-0.3, -0.25) is 9.59 Å². The lowest BCUT2D eigenvalue weighted by Gasteiger charge is -2.33. The van der Waals surface area contributed by atoms with Crippen LogP contribution in [-0.4, -0.2) is 28.9 Å². The first-order valence-corrected chi connectivity index (χ1v) is 7.52. The summed E-state index contributed by atoms with van der Waals surface area (Å²) in [4.78, 5) is 23.9. The lowest BCUT2D eigenvalue weighted by molar-refractivity contribution is -0.130. The fraction of sp³-hybridized carbons (Fsp3) is 0.867. The Hall–Kier alpha value is -1.10. The van der Waals surface area contributed by atoms with Crippen LogP contribution < -0.4 is 16.4 Å². The molecule has 1 aliphatic carbocycles. The van der Waals surface area contributed by atoms with E-state index < -0.39 is 6.04 Å². The second-order valence-corrected chi connectivity index (χ2v) is 7.13. The summed E-state index contributed by atoms with van der Waals surface area (Å²) in [6.07, 6.45) is 5.46. The molecular formula is C15H29N3O2. The summed E-state index contributed by atoms with van der Waals surface area (Å²) in [6.45, 7) is 7.44. The van der Waals surface area contributed by atoms with Gasteiger partial charge < -0.3 is 16.4 Å². The third-order valence-corrected chi connectivity index (χ3v) is 3.63. The summed E-state index contributed by atoms with van der Waals surface area (Å²) in [6, 6.07) is -0.533. The number of nitrogens with one attached hydrogen (secondary N) is 2. The van der Waals surface area contributed by atoms with Crippen LogP contribution in [0, 0.1) is 0 Å². The highest BCUT2D eigenvalue weighted by Gasteiger charge is 2.31. The molecule has 0 aromatic rings. The SMILES string of the molecule is CC(NC(=O)CC1(N)CCCCC1)C(=O)NC(C)(C)C. The largest absolute Gasteiger partial charge is 0.350 e. The number of hydrogen-bond donors (Lipinski definition) is 3. The molecular weight excluding hydrogens is 254 g/mol. The van der Waals surface area contributed by atoms with E-state index in [0.29, 0.717) is 6.42 Å². The van der Waals surface area contributed by atoms with E-state index in [0.717, 1.165) is 25.7 Å². The summed E-state index contributed by atoms with van der Waals surface area (Å²) in [5.41, 5.74) is 5.57. The second kappa shape index (κ2) is 6.57. The van der Waals surface area contributed by atoms with Crippen molar-refractivity contribution in [3.8, 4) is 0 Å². The van der Waals surface area contributed by atoms with E-state index in [1.165, 1.54) is 6.42 Å². The molecule has 1 atom stereocenters. The molecule has 0 bridgehead atoms. The zero-order valence-electron chi connectivity index (χ0n) is 13.2. The van der Waals surface area contributed by atoms with Crippen LogP contribution >= 0.6 is 0 Å². The number of hydrogen-bond acceptors (Lipinski definition) is 3. The van der Waals surface area contributed by atoms with Gasteiger partial charge in [-0.15, -0.1) is 0 Å². The molecule has 5 heteroatoms. The molecule has 0 aromatic carbocycles. The highest BCUT2D eigenvalue weighted by Crippen LogP contribution is 2.28. The zero-order chi connectivity index (χ0) is 15.4. The Kier molecular flexibility index (Phi) is 5.57. The van der Waals surface area contributed by atoms with Gasteiger partial charge in [0.05, 0.1) is 0 Å². The molecule has 0 radical (unpaired) electrons. The fourth-order valence-electron chi connectivity index (χ4n) is 2.59. The molecule has 1 unspecified atom stereocenters. The van der Waals surface area contributed by atoms with Gasteiger partial charge in [0, 0.05) is 17.5 Å². The maximum absolute atomic E-state index is 12.0. The van der Waals surface area contributed by atoms with E-state index in [1.807, 2.05) is 20.8 Å². The average Bonchev–Trinajstić information content (AvgIpc) is 2.26. The van der Waals surface area contributed by atoms with Crippen molar-refractivity contribution in [1.82, 2.24) is 10.6 Å². The first-order chi connectivity index (χ1) is 9.11. The molecule has 20 heavy (non-hydrogen) atoms. The van der Waals surface area contributed by atoms with E-state index in [1.54, 1.807) is 6.92 Å². The normalized spacial score (nSPS) is 20.1. The summed E-state index contributed by atoms with van der Waals surface area (Å²) in [5, 5.41) is 5.60. The van der Waals surface area contributed by atoms with Gasteiger partial charge in [-0.25, -0.2) is 0 Å². The number of carbonyl (C=O) groups is 2. The van der Waals surface area contributed by atoms with E-state index in [9.17, 15) is 9.59 Å². The van der Waals surface area contributed by atoms with Crippen molar-refractivity contribution >= 4 is 11.8 Å². The summed E-state index contributed by atoms with van der Waals surface area (Å²) in [7, 11) is 0. The minimum Gasteiger partial charge on any atom is -0.350 e. The van der Waals surface area contributed by atoms with Gasteiger partial charge in [-0.1, -0.05) is 19.3 Å². The standard InChI is InChI=1S/C15H29N3O2/c1-11(13(20)18-14(2,3)4)17-12(19)10-15(16)8-6-5-7-9-15/h11H,5-10,16H2,1-4H3,(H,17,19)(H,18,20). The van der Waals surface area contributed by atoms with Crippen molar-refractivity contribution in [1.29, 1.82) is 0 Å². The predicted octanol–water partition coefficient (Wildman–Crippen LogP) is 1.46. The highest BCUT2D eigenvalue weighted by molar-refractivity contribution is 5.88. The summed E-state index contributed by atoms with van der Waals surface area (Å²) in [5.74, 6) is -0.300. The van der Waals surface area contributed by atoms with Crippen LogP contribution in [0.4, 0.5) is 0 Å². The quantitative estimate of drug-likeness (QED) is 0.730. The smallest absolute Gasteiger partial charge is 0.242 e. The van der Waals surface area contributed by atoms with Crippen molar-refractivity contribution in [3.63, 3.8) is 0 Å². The Morgan fingerprint density at radius 2 is 1.75 bits per heavy atom. The molecule has 1 rings (SSSR count). The van der Waals surface area contributed by atoms with Crippen molar-refractivity contribution in [2.75, 3.05) is 0 Å². The fourth-order valence-corrected chi connectivity index (χ4v) is 2.59. The van der Waals surface area contributed by atoms with Gasteiger partial charge in [0.1, 0.15) is 6.04 Å². The van der Waals surface area contributed by atoms with E-state index in [-0.39, 0.29) is 22.9 Å². The first kappa shape index (κ1) is 17.0. The topological polar surface area (TPSA) is 84.2 Å². The van der Waals surface area contributed by atoms with Crippen LogP contribution in [-0.2, 0) is 9.59 Å². The van der Waals surface area contributed by atoms with Crippen LogP contribution in [0.15, 0.2) is 0 Å². The molecule has 2 amide bonds. The first-order valence-electron chi connectivity index (χ1n) is 7.52. The second-order valence-electron chi connectivity index (χ2n) is 7.13. The Balaban J connectivity index is 2.43. The van der Waals surface area contributed by atoms with Crippen LogP contribution in [0.25, 0.3) is 0 Å². The molecule has 0 aliphatic heterocycles. The van der Waals surface area contributed by atoms with Crippen molar-refractivity contribution in [3.05, 3.63) is 0 Å². The van der Waals surface area contributed by atoms with Crippen LogP contribution in [0.3, 0.4) is 0 Å². The zero-order valence-corrected chi connectivity index (χ0v) is 13.2. The predicted molar refractivity (Wildman–Crippen MR) is 80.1 cm³/mol. The third kappa shape index (κ3) is 5.90. The minimum absolute atomic E-state index is 0.133. The van der Waals surface area contributed by atoms with Gasteiger partial charge in [-0.05, 0) is 40.5 Å². The van der Waals surface area contributed by atoms with Crippen LogP contribution in [0.1, 0.15) is 66.2 Å². The molecule has 1 fully saturated rings. The van der Waals surface area contributed by atoms with Crippen molar-refractivity contribution < 1.29 is 9.59 Å². The van der Waals surface area contributed by atoms with Crippen LogP contribution in [0.5, 0.6) is 0 Å². The number of carbonyl (C=O) groups excluding carboxylic acids is 2. The molecule has 116 valence electrons. The van der Waals surface area contributed by atoms with Gasteiger partial charge in [-0.2, -0.15) is 0 Å². The Labute approximate surface area is 122 Å². The molecule has 0 spiro atoms.